The van der Waals surface area contributed by atoms with Gasteiger partial charge in [-0.15, -0.1) is 0 Å². The maximum absolute atomic E-state index is 4.52. The van der Waals surface area contributed by atoms with Crippen molar-refractivity contribution in [2.45, 2.75) is 26.4 Å². The first-order valence-corrected chi connectivity index (χ1v) is 6.26. The van der Waals surface area contributed by atoms with E-state index >= 15 is 0 Å². The van der Waals surface area contributed by atoms with Crippen LogP contribution in [0.25, 0.3) is 0 Å². The highest BCUT2D eigenvalue weighted by Gasteiger charge is 2.16. The topological polar surface area (TPSA) is 65.6 Å². The summed E-state index contributed by atoms with van der Waals surface area (Å²) in [6.45, 7) is 4.56. The lowest BCUT2D eigenvalue weighted by atomic mass is 10.1. The molecule has 0 aromatic carbocycles. The van der Waals surface area contributed by atoms with Crippen LogP contribution in [0.3, 0.4) is 0 Å². The summed E-state index contributed by atoms with van der Waals surface area (Å²) in [6, 6.07) is 4.06. The van der Waals surface area contributed by atoms with E-state index in [-0.39, 0.29) is 0 Å². The Balaban J connectivity index is 1.84. The van der Waals surface area contributed by atoms with Gasteiger partial charge in [0.25, 0.3) is 0 Å². The number of aryl methyl sites for hydroxylation is 1. The summed E-state index contributed by atoms with van der Waals surface area (Å²) in [5.74, 6) is 1.80. The van der Waals surface area contributed by atoms with Gasteiger partial charge < -0.3 is 15.6 Å². The summed E-state index contributed by atoms with van der Waals surface area (Å²) in [5.41, 5.74) is 3.54. The number of aromatic nitrogens is 3. The van der Waals surface area contributed by atoms with Crippen molar-refractivity contribution in [2.75, 3.05) is 11.9 Å². The van der Waals surface area contributed by atoms with Crippen LogP contribution in [0.2, 0.25) is 0 Å². The molecule has 0 spiro atoms. The lowest BCUT2D eigenvalue weighted by molar-refractivity contribution is 0.624. The van der Waals surface area contributed by atoms with Crippen LogP contribution in [-0.2, 0) is 19.5 Å². The van der Waals surface area contributed by atoms with Crippen LogP contribution in [0.15, 0.2) is 18.3 Å². The van der Waals surface area contributed by atoms with Gasteiger partial charge in [-0.1, -0.05) is 0 Å². The molecule has 0 fully saturated rings. The molecule has 5 nitrogen and oxygen atoms in total. The fourth-order valence-electron chi connectivity index (χ4n) is 2.27. The molecule has 5 heteroatoms. The first-order chi connectivity index (χ1) is 8.83. The monoisotopic (exact) mass is 243 g/mol. The maximum Gasteiger partial charge on any atom is 0.134 e. The van der Waals surface area contributed by atoms with Crippen molar-refractivity contribution in [1.29, 1.82) is 0 Å². The van der Waals surface area contributed by atoms with Crippen molar-refractivity contribution in [2.24, 2.45) is 0 Å². The minimum atomic E-state index is 0.760. The Morgan fingerprint density at radius 3 is 3.17 bits per heavy atom. The van der Waals surface area contributed by atoms with Crippen molar-refractivity contribution in [1.82, 2.24) is 20.3 Å². The van der Waals surface area contributed by atoms with Gasteiger partial charge in [0.2, 0.25) is 0 Å². The lowest BCUT2D eigenvalue weighted by Crippen LogP contribution is -2.26. The lowest BCUT2D eigenvalue weighted by Gasteiger charge is -2.20. The number of H-pyrrole nitrogens is 1. The van der Waals surface area contributed by atoms with Crippen molar-refractivity contribution >= 4 is 5.82 Å². The zero-order valence-electron chi connectivity index (χ0n) is 10.5. The van der Waals surface area contributed by atoms with E-state index in [1.165, 1.54) is 11.3 Å². The van der Waals surface area contributed by atoms with E-state index in [9.17, 15) is 0 Å². The zero-order valence-corrected chi connectivity index (χ0v) is 10.5. The number of hydrogen-bond acceptors (Lipinski definition) is 4. The summed E-state index contributed by atoms with van der Waals surface area (Å²) in [4.78, 5) is 12.2. The molecule has 0 amide bonds. The average molecular weight is 243 g/mol. The third-order valence-electron chi connectivity index (χ3n) is 3.15. The molecule has 3 rings (SSSR count). The van der Waals surface area contributed by atoms with Crippen molar-refractivity contribution in [3.63, 3.8) is 0 Å². The minimum Gasteiger partial charge on any atom is -0.364 e. The molecule has 1 aliphatic rings. The Morgan fingerprint density at radius 1 is 1.39 bits per heavy atom. The van der Waals surface area contributed by atoms with Gasteiger partial charge in [0.1, 0.15) is 11.6 Å². The number of anilines is 1. The van der Waals surface area contributed by atoms with E-state index in [0.717, 1.165) is 43.4 Å². The third-order valence-corrected chi connectivity index (χ3v) is 3.15. The second-order valence-electron chi connectivity index (χ2n) is 4.52. The summed E-state index contributed by atoms with van der Waals surface area (Å²) in [7, 11) is 0. The average Bonchev–Trinajstić information content (AvgIpc) is 2.89. The second kappa shape index (κ2) is 4.78. The Labute approximate surface area is 106 Å². The Morgan fingerprint density at radius 2 is 2.33 bits per heavy atom. The minimum absolute atomic E-state index is 0.760. The van der Waals surface area contributed by atoms with E-state index in [0.29, 0.717) is 0 Å². The largest absolute Gasteiger partial charge is 0.364 e. The fraction of sp³-hybridized carbons (Fsp3) is 0.385. The fourth-order valence-corrected chi connectivity index (χ4v) is 2.27. The van der Waals surface area contributed by atoms with Crippen LogP contribution in [-0.4, -0.2) is 21.5 Å². The molecule has 2 aromatic rings. The molecule has 0 atom stereocenters. The Bertz CT molecular complexity index is 533. The molecule has 3 N–H and O–H groups in total. The van der Waals surface area contributed by atoms with E-state index in [2.05, 4.69) is 31.7 Å². The number of aromatic amines is 1. The molecule has 0 saturated heterocycles. The number of hydrogen-bond donors (Lipinski definition) is 3. The van der Waals surface area contributed by atoms with Crippen molar-refractivity contribution in [3.8, 4) is 0 Å². The van der Waals surface area contributed by atoms with Gasteiger partial charge in [0.05, 0.1) is 12.2 Å². The van der Waals surface area contributed by atoms with Crippen LogP contribution < -0.4 is 10.6 Å². The number of rotatable bonds is 3. The van der Waals surface area contributed by atoms with E-state index in [1.54, 1.807) is 0 Å². The van der Waals surface area contributed by atoms with Gasteiger partial charge in [0, 0.05) is 37.0 Å². The molecule has 94 valence electrons. The number of fused-ring (bicyclic) bond motifs is 1. The van der Waals surface area contributed by atoms with Crippen molar-refractivity contribution in [3.05, 3.63) is 41.1 Å². The summed E-state index contributed by atoms with van der Waals surface area (Å²) in [6.07, 6.45) is 2.91. The normalized spacial score (nSPS) is 14.3. The van der Waals surface area contributed by atoms with Gasteiger partial charge in [-0.3, -0.25) is 0 Å². The highest BCUT2D eigenvalue weighted by molar-refractivity contribution is 5.47. The van der Waals surface area contributed by atoms with Gasteiger partial charge in [-0.2, -0.15) is 0 Å². The molecule has 0 unspecified atom stereocenters. The quantitative estimate of drug-likeness (QED) is 0.762. The molecule has 3 heterocycles. The smallest absolute Gasteiger partial charge is 0.134 e. The van der Waals surface area contributed by atoms with Crippen LogP contribution in [0, 0.1) is 6.92 Å². The first-order valence-electron chi connectivity index (χ1n) is 6.26. The molecule has 2 aromatic heterocycles. The molecule has 0 saturated carbocycles. The summed E-state index contributed by atoms with van der Waals surface area (Å²) in [5, 5.41) is 6.76. The Kier molecular flexibility index (Phi) is 2.98. The third kappa shape index (κ3) is 2.22. The second-order valence-corrected chi connectivity index (χ2v) is 4.52. The number of nitrogens with one attached hydrogen (secondary N) is 3. The van der Waals surface area contributed by atoms with Gasteiger partial charge >= 0.3 is 0 Å². The molecule has 0 aliphatic carbocycles. The number of nitrogens with zero attached hydrogens (tertiary/aromatic N) is 2. The van der Waals surface area contributed by atoms with Crippen LogP contribution in [0.4, 0.5) is 5.82 Å². The van der Waals surface area contributed by atoms with Gasteiger partial charge in [-0.25, -0.2) is 9.97 Å². The first kappa shape index (κ1) is 11.2. The molecule has 0 bridgehead atoms. The van der Waals surface area contributed by atoms with Crippen LogP contribution in [0.1, 0.15) is 22.8 Å². The SMILES string of the molecule is Cc1nc2c(c(NCc3ccc[nH]3)n1)CNCC2. The molecular formula is C13H17N5. The molecular weight excluding hydrogens is 226 g/mol. The standard InChI is InChI=1S/C13H17N5/c1-9-17-12-4-6-14-8-11(12)13(18-9)16-7-10-3-2-5-15-10/h2-3,5,14-15H,4,6-8H2,1H3,(H,16,17,18). The molecule has 1 aliphatic heterocycles. The van der Waals surface area contributed by atoms with Gasteiger partial charge in [-0.05, 0) is 19.1 Å². The highest BCUT2D eigenvalue weighted by Crippen LogP contribution is 2.20. The predicted molar refractivity (Wildman–Crippen MR) is 70.3 cm³/mol. The van der Waals surface area contributed by atoms with E-state index in [1.807, 2.05) is 19.2 Å². The van der Waals surface area contributed by atoms with E-state index < -0.39 is 0 Å². The molecule has 0 radical (unpaired) electrons. The molecule has 18 heavy (non-hydrogen) atoms. The summed E-state index contributed by atoms with van der Waals surface area (Å²) >= 11 is 0. The van der Waals surface area contributed by atoms with Gasteiger partial charge in [0.15, 0.2) is 0 Å². The zero-order chi connectivity index (χ0) is 12.4. The van der Waals surface area contributed by atoms with Crippen LogP contribution >= 0.6 is 0 Å². The Hall–Kier alpha value is -1.88. The predicted octanol–water partition coefficient (Wildman–Crippen LogP) is 1.37. The maximum atomic E-state index is 4.52. The van der Waals surface area contributed by atoms with Crippen molar-refractivity contribution < 1.29 is 0 Å². The van der Waals surface area contributed by atoms with Crippen LogP contribution in [0.5, 0.6) is 0 Å². The van der Waals surface area contributed by atoms with E-state index in [4.69, 9.17) is 0 Å². The highest BCUT2D eigenvalue weighted by atomic mass is 15.1. The summed E-state index contributed by atoms with van der Waals surface area (Å²) < 4.78 is 0.